The first-order chi connectivity index (χ1) is 9.91. The van der Waals surface area contributed by atoms with Gasteiger partial charge in [0.25, 0.3) is 0 Å². The SMILES string of the molecule is CC(C)N1C(=O)CCCC(C(=O)O)C1c1ccc(Br)cc1. The summed E-state index contributed by atoms with van der Waals surface area (Å²) in [5.74, 6) is -1.34. The zero-order valence-electron chi connectivity index (χ0n) is 12.3. The number of hydrogen-bond donors (Lipinski definition) is 1. The van der Waals surface area contributed by atoms with Gasteiger partial charge in [0.05, 0.1) is 12.0 Å². The van der Waals surface area contributed by atoms with E-state index in [0.29, 0.717) is 19.3 Å². The molecule has 0 spiro atoms. The van der Waals surface area contributed by atoms with Crippen molar-refractivity contribution in [3.63, 3.8) is 0 Å². The lowest BCUT2D eigenvalue weighted by Crippen LogP contribution is -2.43. The first-order valence-corrected chi connectivity index (χ1v) is 8.00. The van der Waals surface area contributed by atoms with Crippen LogP contribution in [0.15, 0.2) is 28.7 Å². The average Bonchev–Trinajstić information content (AvgIpc) is 2.58. The highest BCUT2D eigenvalue weighted by molar-refractivity contribution is 9.10. The highest BCUT2D eigenvalue weighted by Crippen LogP contribution is 2.37. The number of carbonyl (C=O) groups is 2. The van der Waals surface area contributed by atoms with Crippen LogP contribution in [-0.2, 0) is 9.59 Å². The Morgan fingerprint density at radius 2 is 1.95 bits per heavy atom. The van der Waals surface area contributed by atoms with E-state index in [1.165, 1.54) is 0 Å². The number of benzene rings is 1. The van der Waals surface area contributed by atoms with Crippen molar-refractivity contribution in [3.8, 4) is 0 Å². The van der Waals surface area contributed by atoms with E-state index in [-0.39, 0.29) is 11.9 Å². The minimum Gasteiger partial charge on any atom is -0.481 e. The van der Waals surface area contributed by atoms with E-state index in [9.17, 15) is 14.7 Å². The molecule has 0 saturated carbocycles. The number of carbonyl (C=O) groups excluding carboxylic acids is 1. The van der Waals surface area contributed by atoms with Crippen LogP contribution in [0.3, 0.4) is 0 Å². The molecule has 1 aromatic carbocycles. The predicted octanol–water partition coefficient (Wildman–Crippen LogP) is 3.61. The Morgan fingerprint density at radius 1 is 1.33 bits per heavy atom. The van der Waals surface area contributed by atoms with E-state index in [1.807, 2.05) is 38.1 Å². The second-order valence-electron chi connectivity index (χ2n) is 5.73. The molecule has 2 unspecified atom stereocenters. The molecule has 0 aromatic heterocycles. The number of hydrogen-bond acceptors (Lipinski definition) is 2. The molecule has 2 rings (SSSR count). The van der Waals surface area contributed by atoms with Gasteiger partial charge in [-0.2, -0.15) is 0 Å². The Kier molecular flexibility index (Phi) is 5.04. The number of aliphatic carboxylic acids is 1. The van der Waals surface area contributed by atoms with Crippen molar-refractivity contribution in [2.24, 2.45) is 5.92 Å². The van der Waals surface area contributed by atoms with Gasteiger partial charge in [-0.15, -0.1) is 0 Å². The molecule has 1 fully saturated rings. The van der Waals surface area contributed by atoms with Crippen LogP contribution < -0.4 is 0 Å². The van der Waals surface area contributed by atoms with E-state index < -0.39 is 17.9 Å². The molecule has 2 atom stereocenters. The zero-order valence-corrected chi connectivity index (χ0v) is 13.8. The first-order valence-electron chi connectivity index (χ1n) is 7.21. The van der Waals surface area contributed by atoms with Crippen LogP contribution in [0.1, 0.15) is 44.7 Å². The third kappa shape index (κ3) is 3.46. The van der Waals surface area contributed by atoms with Crippen LogP contribution in [0.2, 0.25) is 0 Å². The van der Waals surface area contributed by atoms with Crippen molar-refractivity contribution in [1.29, 1.82) is 0 Å². The molecular formula is C16H20BrNO3. The summed E-state index contributed by atoms with van der Waals surface area (Å²) in [6.07, 6.45) is 1.59. The smallest absolute Gasteiger partial charge is 0.308 e. The fourth-order valence-corrected chi connectivity index (χ4v) is 3.29. The van der Waals surface area contributed by atoms with Crippen LogP contribution in [0.25, 0.3) is 0 Å². The zero-order chi connectivity index (χ0) is 15.6. The maximum absolute atomic E-state index is 12.4. The molecule has 0 aliphatic carbocycles. The monoisotopic (exact) mass is 353 g/mol. The summed E-state index contributed by atoms with van der Waals surface area (Å²) >= 11 is 3.39. The maximum Gasteiger partial charge on any atom is 0.308 e. The van der Waals surface area contributed by atoms with Gasteiger partial charge >= 0.3 is 5.97 Å². The summed E-state index contributed by atoms with van der Waals surface area (Å²) < 4.78 is 0.939. The lowest BCUT2D eigenvalue weighted by molar-refractivity contribution is -0.147. The Labute approximate surface area is 133 Å². The summed E-state index contributed by atoms with van der Waals surface area (Å²) in [7, 11) is 0. The number of nitrogens with zero attached hydrogens (tertiary/aromatic N) is 1. The summed E-state index contributed by atoms with van der Waals surface area (Å²) in [6.45, 7) is 3.88. The predicted molar refractivity (Wildman–Crippen MR) is 83.8 cm³/mol. The molecule has 21 heavy (non-hydrogen) atoms. The van der Waals surface area contributed by atoms with Crippen molar-refractivity contribution in [3.05, 3.63) is 34.3 Å². The van der Waals surface area contributed by atoms with Gasteiger partial charge in [0.15, 0.2) is 0 Å². The minimum absolute atomic E-state index is 0.0221. The highest BCUT2D eigenvalue weighted by Gasteiger charge is 2.39. The van der Waals surface area contributed by atoms with Crippen LogP contribution in [0, 0.1) is 5.92 Å². The van der Waals surface area contributed by atoms with Gasteiger partial charge in [-0.3, -0.25) is 9.59 Å². The number of carboxylic acid groups (broad SMARTS) is 1. The molecule has 1 N–H and O–H groups in total. The third-order valence-electron chi connectivity index (χ3n) is 3.96. The van der Waals surface area contributed by atoms with Crippen LogP contribution in [0.4, 0.5) is 0 Å². The number of halogens is 1. The largest absolute Gasteiger partial charge is 0.481 e. The second kappa shape index (κ2) is 6.60. The van der Waals surface area contributed by atoms with Crippen LogP contribution >= 0.6 is 15.9 Å². The lowest BCUT2D eigenvalue weighted by atomic mass is 9.88. The summed E-state index contributed by atoms with van der Waals surface area (Å²) in [5.41, 5.74) is 0.884. The summed E-state index contributed by atoms with van der Waals surface area (Å²) in [4.78, 5) is 25.8. The van der Waals surface area contributed by atoms with Crippen molar-refractivity contribution in [2.75, 3.05) is 0 Å². The molecule has 114 valence electrons. The Bertz CT molecular complexity index is 527. The lowest BCUT2D eigenvalue weighted by Gasteiger charge is -2.37. The van der Waals surface area contributed by atoms with Gasteiger partial charge in [-0.1, -0.05) is 28.1 Å². The summed E-state index contributed by atoms with van der Waals surface area (Å²) in [6, 6.07) is 7.17. The average molecular weight is 354 g/mol. The van der Waals surface area contributed by atoms with Crippen molar-refractivity contribution in [2.45, 2.75) is 45.2 Å². The number of likely N-dealkylation sites (tertiary alicyclic amines) is 1. The number of amides is 1. The van der Waals surface area contributed by atoms with Gasteiger partial charge in [0.2, 0.25) is 5.91 Å². The molecule has 4 nitrogen and oxygen atoms in total. The Balaban J connectivity index is 2.50. The quantitative estimate of drug-likeness (QED) is 0.902. The van der Waals surface area contributed by atoms with Gasteiger partial charge < -0.3 is 10.0 Å². The fraction of sp³-hybridized carbons (Fsp3) is 0.500. The molecule has 1 saturated heterocycles. The molecular weight excluding hydrogens is 334 g/mol. The molecule has 1 heterocycles. The standard InChI is InChI=1S/C16H20BrNO3/c1-10(2)18-14(19)5-3-4-13(16(20)21)15(18)11-6-8-12(17)9-7-11/h6-10,13,15H,3-5H2,1-2H3,(H,20,21). The molecule has 0 radical (unpaired) electrons. The molecule has 1 aromatic rings. The number of carboxylic acids is 1. The van der Waals surface area contributed by atoms with Crippen molar-refractivity contribution < 1.29 is 14.7 Å². The normalized spacial score (nSPS) is 23.2. The van der Waals surface area contributed by atoms with Crippen LogP contribution in [-0.4, -0.2) is 27.9 Å². The third-order valence-corrected chi connectivity index (χ3v) is 4.49. The van der Waals surface area contributed by atoms with Crippen molar-refractivity contribution in [1.82, 2.24) is 4.90 Å². The summed E-state index contributed by atoms with van der Waals surface area (Å²) in [5, 5.41) is 9.59. The van der Waals surface area contributed by atoms with E-state index in [4.69, 9.17) is 0 Å². The molecule has 1 aliphatic rings. The Morgan fingerprint density at radius 3 is 2.48 bits per heavy atom. The fourth-order valence-electron chi connectivity index (χ4n) is 3.03. The van der Waals surface area contributed by atoms with E-state index in [2.05, 4.69) is 15.9 Å². The molecule has 0 bridgehead atoms. The van der Waals surface area contributed by atoms with Crippen LogP contribution in [0.5, 0.6) is 0 Å². The molecule has 5 heteroatoms. The first kappa shape index (κ1) is 16.0. The van der Waals surface area contributed by atoms with Gasteiger partial charge in [-0.05, 0) is 44.4 Å². The minimum atomic E-state index is -0.830. The number of rotatable bonds is 3. The van der Waals surface area contributed by atoms with E-state index in [1.54, 1.807) is 4.90 Å². The second-order valence-corrected chi connectivity index (χ2v) is 6.64. The van der Waals surface area contributed by atoms with Gasteiger partial charge in [-0.25, -0.2) is 0 Å². The Hall–Kier alpha value is -1.36. The van der Waals surface area contributed by atoms with Crippen molar-refractivity contribution >= 4 is 27.8 Å². The highest BCUT2D eigenvalue weighted by atomic mass is 79.9. The molecule has 1 aliphatic heterocycles. The van der Waals surface area contributed by atoms with Gasteiger partial charge in [0.1, 0.15) is 0 Å². The topological polar surface area (TPSA) is 57.6 Å². The molecule has 1 amide bonds. The van der Waals surface area contributed by atoms with E-state index >= 15 is 0 Å². The van der Waals surface area contributed by atoms with Gasteiger partial charge in [0, 0.05) is 16.9 Å². The van der Waals surface area contributed by atoms with E-state index in [0.717, 1.165) is 10.0 Å². The maximum atomic E-state index is 12.4.